The molecule has 0 N–H and O–H groups in total. The van der Waals surface area contributed by atoms with Crippen LogP contribution in [0.25, 0.3) is 10.2 Å². The second-order valence-corrected chi connectivity index (χ2v) is 8.78. The van der Waals surface area contributed by atoms with Crippen LogP contribution in [-0.2, 0) is 19.1 Å². The minimum absolute atomic E-state index is 0.180. The number of morpholine rings is 1. The largest absolute Gasteiger partial charge is 0.379 e. The summed E-state index contributed by atoms with van der Waals surface area (Å²) in [6.45, 7) is 8.02. The molecule has 3 amide bonds. The van der Waals surface area contributed by atoms with Crippen LogP contribution in [0, 0.1) is 13.8 Å². The smallest absolute Gasteiger partial charge is 0.248 e. The van der Waals surface area contributed by atoms with Gasteiger partial charge in [-0.3, -0.25) is 29.1 Å². The topological polar surface area (TPSA) is 83.1 Å². The lowest BCUT2D eigenvalue weighted by Gasteiger charge is -2.29. The molecule has 1 aromatic carbocycles. The third-order valence-corrected chi connectivity index (χ3v) is 6.76. The number of ether oxygens (including phenoxy) is 1. The van der Waals surface area contributed by atoms with Crippen molar-refractivity contribution in [3.8, 4) is 0 Å². The number of benzene rings is 1. The van der Waals surface area contributed by atoms with E-state index in [4.69, 9.17) is 9.72 Å². The predicted octanol–water partition coefficient (Wildman–Crippen LogP) is 1.73. The highest BCUT2D eigenvalue weighted by atomic mass is 32.1. The second kappa shape index (κ2) is 8.79. The van der Waals surface area contributed by atoms with E-state index >= 15 is 0 Å². The minimum Gasteiger partial charge on any atom is -0.379 e. The normalized spacial score (nSPS) is 17.9. The molecule has 2 saturated heterocycles. The van der Waals surface area contributed by atoms with E-state index in [1.54, 1.807) is 4.90 Å². The molecule has 2 aromatic rings. The number of carbonyl (C=O) groups is 3. The Hall–Kier alpha value is -2.36. The summed E-state index contributed by atoms with van der Waals surface area (Å²) in [5.74, 6) is -0.839. The lowest BCUT2D eigenvalue weighted by Crippen LogP contribution is -2.47. The maximum Gasteiger partial charge on any atom is 0.248 e. The Labute approximate surface area is 179 Å². The zero-order chi connectivity index (χ0) is 21.3. The SMILES string of the molecule is Cc1cc2nc(N(CCN3CCOCC3)C(=O)CN3C(=O)CCC3=O)sc2cc1C. The second-order valence-electron chi connectivity index (χ2n) is 7.77. The molecule has 2 aliphatic heterocycles. The number of hydrogen-bond acceptors (Lipinski definition) is 7. The van der Waals surface area contributed by atoms with Gasteiger partial charge in [0.25, 0.3) is 0 Å². The number of likely N-dealkylation sites (tertiary alicyclic amines) is 1. The summed E-state index contributed by atoms with van der Waals surface area (Å²) >= 11 is 1.47. The standard InChI is InChI=1S/C21H26N4O4S/c1-14-11-16-17(12-15(14)2)30-21(22-16)24(6-5-23-7-9-29-10-8-23)20(28)13-25-18(26)3-4-19(25)27/h11-12H,3-10,13H2,1-2H3. The molecule has 0 unspecified atom stereocenters. The monoisotopic (exact) mass is 430 g/mol. The zero-order valence-corrected chi connectivity index (χ0v) is 18.2. The number of nitrogens with zero attached hydrogens (tertiary/aromatic N) is 4. The lowest BCUT2D eigenvalue weighted by molar-refractivity contribution is -0.141. The van der Waals surface area contributed by atoms with Crippen LogP contribution in [0.5, 0.6) is 0 Å². The number of imide groups is 1. The van der Waals surface area contributed by atoms with Gasteiger partial charge in [-0.05, 0) is 37.1 Å². The molecule has 1 aromatic heterocycles. The number of aromatic nitrogens is 1. The number of aryl methyl sites for hydroxylation is 2. The van der Waals surface area contributed by atoms with E-state index in [2.05, 4.69) is 17.9 Å². The minimum atomic E-state index is -0.281. The third kappa shape index (κ3) is 4.38. The summed E-state index contributed by atoms with van der Waals surface area (Å²) in [5.41, 5.74) is 3.19. The molecule has 2 aliphatic rings. The van der Waals surface area contributed by atoms with Gasteiger partial charge in [0, 0.05) is 39.0 Å². The van der Waals surface area contributed by atoms with Crippen LogP contribution in [0.4, 0.5) is 5.13 Å². The zero-order valence-electron chi connectivity index (χ0n) is 17.3. The number of fused-ring (bicyclic) bond motifs is 1. The highest BCUT2D eigenvalue weighted by Crippen LogP contribution is 2.31. The molecule has 0 aliphatic carbocycles. The molecule has 0 radical (unpaired) electrons. The Morgan fingerprint density at radius 3 is 2.50 bits per heavy atom. The molecule has 9 heteroatoms. The molecule has 0 atom stereocenters. The summed E-state index contributed by atoms with van der Waals surface area (Å²) in [6, 6.07) is 4.12. The number of thiazole rings is 1. The Morgan fingerprint density at radius 1 is 1.13 bits per heavy atom. The molecule has 30 heavy (non-hydrogen) atoms. The van der Waals surface area contributed by atoms with Crippen molar-refractivity contribution in [2.75, 3.05) is 50.8 Å². The van der Waals surface area contributed by atoms with Crippen molar-refractivity contribution < 1.29 is 19.1 Å². The van der Waals surface area contributed by atoms with Crippen LogP contribution in [0.1, 0.15) is 24.0 Å². The van der Waals surface area contributed by atoms with Crippen LogP contribution in [-0.4, -0.2) is 78.4 Å². The van der Waals surface area contributed by atoms with Crippen molar-refractivity contribution in [3.05, 3.63) is 23.3 Å². The molecule has 0 saturated carbocycles. The van der Waals surface area contributed by atoms with Crippen molar-refractivity contribution in [2.45, 2.75) is 26.7 Å². The van der Waals surface area contributed by atoms with E-state index < -0.39 is 0 Å². The Bertz CT molecular complexity index is 928. The molecule has 2 fully saturated rings. The molecule has 0 bridgehead atoms. The van der Waals surface area contributed by atoms with Crippen molar-refractivity contribution in [1.82, 2.24) is 14.8 Å². The molecule has 160 valence electrons. The van der Waals surface area contributed by atoms with Gasteiger partial charge in [0.15, 0.2) is 5.13 Å². The number of rotatable bonds is 6. The summed E-state index contributed by atoms with van der Waals surface area (Å²) < 4.78 is 6.42. The fraction of sp³-hybridized carbons (Fsp3) is 0.524. The van der Waals surface area contributed by atoms with Gasteiger partial charge < -0.3 is 4.74 Å². The van der Waals surface area contributed by atoms with E-state index in [1.165, 1.54) is 16.9 Å². The maximum absolute atomic E-state index is 13.2. The lowest BCUT2D eigenvalue weighted by atomic mass is 10.1. The van der Waals surface area contributed by atoms with Gasteiger partial charge in [-0.1, -0.05) is 11.3 Å². The van der Waals surface area contributed by atoms with Crippen LogP contribution in [0.15, 0.2) is 12.1 Å². The van der Waals surface area contributed by atoms with Gasteiger partial charge in [0.2, 0.25) is 17.7 Å². The third-order valence-electron chi connectivity index (χ3n) is 5.72. The van der Waals surface area contributed by atoms with Gasteiger partial charge in [-0.15, -0.1) is 0 Å². The van der Waals surface area contributed by atoms with Crippen molar-refractivity contribution in [1.29, 1.82) is 0 Å². The summed E-state index contributed by atoms with van der Waals surface area (Å²) in [5, 5.41) is 0.604. The molecule has 0 spiro atoms. The van der Waals surface area contributed by atoms with Crippen LogP contribution < -0.4 is 4.90 Å². The molecule has 3 heterocycles. The van der Waals surface area contributed by atoms with Crippen molar-refractivity contribution in [3.63, 3.8) is 0 Å². The van der Waals surface area contributed by atoms with E-state index in [1.807, 2.05) is 13.0 Å². The maximum atomic E-state index is 13.2. The molecular weight excluding hydrogens is 404 g/mol. The van der Waals surface area contributed by atoms with Crippen LogP contribution >= 0.6 is 11.3 Å². The average molecular weight is 431 g/mol. The van der Waals surface area contributed by atoms with Gasteiger partial charge in [0.1, 0.15) is 6.54 Å². The van der Waals surface area contributed by atoms with Gasteiger partial charge >= 0.3 is 0 Å². The fourth-order valence-corrected chi connectivity index (χ4v) is 4.79. The molecule has 4 rings (SSSR count). The molecular formula is C21H26N4O4S. The first-order valence-electron chi connectivity index (χ1n) is 10.2. The highest BCUT2D eigenvalue weighted by molar-refractivity contribution is 7.22. The first-order chi connectivity index (χ1) is 14.4. The van der Waals surface area contributed by atoms with E-state index in [-0.39, 0.29) is 37.1 Å². The summed E-state index contributed by atoms with van der Waals surface area (Å²) in [7, 11) is 0. The molecule has 8 nitrogen and oxygen atoms in total. The first-order valence-corrected chi connectivity index (χ1v) is 11.1. The summed E-state index contributed by atoms with van der Waals surface area (Å²) in [6.07, 6.45) is 0.360. The van der Waals surface area contributed by atoms with Crippen LogP contribution in [0.3, 0.4) is 0 Å². The van der Waals surface area contributed by atoms with Gasteiger partial charge in [0.05, 0.1) is 23.4 Å². The average Bonchev–Trinajstić information content (AvgIpc) is 3.27. The predicted molar refractivity (Wildman–Crippen MR) is 115 cm³/mol. The Balaban J connectivity index is 1.58. The number of anilines is 1. The summed E-state index contributed by atoms with van der Waals surface area (Å²) in [4.78, 5) is 46.8. The number of amides is 3. The Morgan fingerprint density at radius 2 is 1.80 bits per heavy atom. The van der Waals surface area contributed by atoms with Gasteiger partial charge in [-0.2, -0.15) is 0 Å². The fourth-order valence-electron chi connectivity index (χ4n) is 3.70. The first kappa shape index (κ1) is 20.9. The van der Waals surface area contributed by atoms with E-state index in [0.29, 0.717) is 31.4 Å². The van der Waals surface area contributed by atoms with E-state index in [9.17, 15) is 14.4 Å². The van der Waals surface area contributed by atoms with E-state index in [0.717, 1.165) is 33.8 Å². The highest BCUT2D eigenvalue weighted by Gasteiger charge is 2.33. The number of hydrogen-bond donors (Lipinski definition) is 0. The Kier molecular flexibility index (Phi) is 6.12. The quantitative estimate of drug-likeness (QED) is 0.649. The van der Waals surface area contributed by atoms with Crippen molar-refractivity contribution in [2.24, 2.45) is 0 Å². The van der Waals surface area contributed by atoms with Crippen molar-refractivity contribution >= 4 is 44.4 Å². The van der Waals surface area contributed by atoms with Gasteiger partial charge in [-0.25, -0.2) is 4.98 Å². The van der Waals surface area contributed by atoms with Crippen LogP contribution in [0.2, 0.25) is 0 Å². The number of carbonyl (C=O) groups excluding carboxylic acids is 3.